The van der Waals surface area contributed by atoms with Crippen LogP contribution in [0.4, 0.5) is 5.13 Å². The highest BCUT2D eigenvalue weighted by atomic mass is 32.1. The number of anilines is 1. The van der Waals surface area contributed by atoms with Gasteiger partial charge in [0.15, 0.2) is 5.13 Å². The topological polar surface area (TPSA) is 45.2 Å². The van der Waals surface area contributed by atoms with Gasteiger partial charge in [0.05, 0.1) is 10.2 Å². The summed E-state index contributed by atoms with van der Waals surface area (Å²) in [5.74, 6) is 1.07. The summed E-state index contributed by atoms with van der Waals surface area (Å²) in [5, 5.41) is 4.44. The first kappa shape index (κ1) is 16.8. The summed E-state index contributed by atoms with van der Waals surface area (Å²) in [6.45, 7) is 4.14. The van der Waals surface area contributed by atoms with Gasteiger partial charge >= 0.3 is 0 Å². The number of aromatic nitrogens is 1. The molecular weight excluding hydrogens is 330 g/mol. The summed E-state index contributed by atoms with van der Waals surface area (Å²) >= 11 is 1.76. The highest BCUT2D eigenvalue weighted by Gasteiger charge is 2.29. The fourth-order valence-corrected chi connectivity index (χ4v) is 5.18. The van der Waals surface area contributed by atoms with Crippen LogP contribution >= 0.6 is 11.3 Å². The smallest absolute Gasteiger partial charge is 0.223 e. The Kier molecular flexibility index (Phi) is 4.93. The molecule has 1 aromatic heterocycles. The van der Waals surface area contributed by atoms with E-state index in [0.29, 0.717) is 12.0 Å². The third-order valence-electron chi connectivity index (χ3n) is 5.86. The third kappa shape index (κ3) is 3.66. The van der Waals surface area contributed by atoms with E-state index < -0.39 is 0 Å². The van der Waals surface area contributed by atoms with E-state index in [1.807, 2.05) is 6.07 Å². The van der Waals surface area contributed by atoms with E-state index in [1.165, 1.54) is 24.0 Å². The maximum absolute atomic E-state index is 12.7. The molecule has 25 heavy (non-hydrogen) atoms. The molecule has 2 heterocycles. The van der Waals surface area contributed by atoms with Crippen LogP contribution in [-0.2, 0) is 4.79 Å². The predicted molar refractivity (Wildman–Crippen MR) is 104 cm³/mol. The lowest BCUT2D eigenvalue weighted by atomic mass is 9.85. The molecule has 0 spiro atoms. The summed E-state index contributed by atoms with van der Waals surface area (Å²) in [6, 6.07) is 8.69. The summed E-state index contributed by atoms with van der Waals surface area (Å²) in [5.41, 5.74) is 1.08. The molecule has 0 bridgehead atoms. The molecule has 2 fully saturated rings. The van der Waals surface area contributed by atoms with Crippen LogP contribution in [0.2, 0.25) is 0 Å². The van der Waals surface area contributed by atoms with Crippen molar-refractivity contribution in [1.29, 1.82) is 0 Å². The number of hydrogen-bond donors (Lipinski definition) is 1. The molecule has 1 N–H and O–H groups in total. The van der Waals surface area contributed by atoms with Gasteiger partial charge in [-0.25, -0.2) is 4.98 Å². The van der Waals surface area contributed by atoms with Crippen molar-refractivity contribution < 1.29 is 4.79 Å². The van der Waals surface area contributed by atoms with Crippen LogP contribution in [0.3, 0.4) is 0 Å². The monoisotopic (exact) mass is 357 g/mol. The normalized spacial score (nSPS) is 25.2. The highest BCUT2D eigenvalue weighted by Crippen LogP contribution is 2.31. The average molecular weight is 358 g/mol. The number of rotatable bonds is 3. The van der Waals surface area contributed by atoms with Crippen LogP contribution < -0.4 is 10.2 Å². The van der Waals surface area contributed by atoms with Gasteiger partial charge in [0.2, 0.25) is 5.91 Å². The molecule has 1 aromatic carbocycles. The summed E-state index contributed by atoms with van der Waals surface area (Å²) in [6.07, 6.45) is 6.84. The molecule has 1 aliphatic carbocycles. The molecule has 1 aliphatic heterocycles. The van der Waals surface area contributed by atoms with Crippen molar-refractivity contribution in [2.45, 2.75) is 51.5 Å². The Hall–Kier alpha value is -1.62. The third-order valence-corrected chi connectivity index (χ3v) is 6.96. The standard InChI is InChI=1S/C20H27N3OS/c1-14-6-2-3-7-16(14)21-19(24)15-10-12-23(13-11-15)20-22-17-8-4-5-9-18(17)25-20/h4-5,8-9,14-16H,2-3,6-7,10-13H2,1H3,(H,21,24)/t14-,16+/m0/s1. The molecule has 2 atom stereocenters. The molecule has 4 nitrogen and oxygen atoms in total. The first-order chi connectivity index (χ1) is 12.2. The molecule has 2 aromatic rings. The minimum atomic E-state index is 0.166. The molecule has 0 radical (unpaired) electrons. The second-order valence-corrected chi connectivity index (χ2v) is 8.61. The Morgan fingerprint density at radius 2 is 1.92 bits per heavy atom. The van der Waals surface area contributed by atoms with E-state index in [-0.39, 0.29) is 11.8 Å². The Balaban J connectivity index is 1.33. The SMILES string of the molecule is C[C@H]1CCCC[C@H]1NC(=O)C1CCN(c2nc3ccccc3s2)CC1. The first-order valence-corrected chi connectivity index (χ1v) is 10.4. The van der Waals surface area contributed by atoms with Crippen LogP contribution in [0.15, 0.2) is 24.3 Å². The van der Waals surface area contributed by atoms with Crippen LogP contribution in [0.25, 0.3) is 10.2 Å². The number of carbonyl (C=O) groups is 1. The minimum Gasteiger partial charge on any atom is -0.353 e. The molecule has 2 aliphatic rings. The van der Waals surface area contributed by atoms with Crippen LogP contribution in [0, 0.1) is 11.8 Å². The van der Waals surface area contributed by atoms with Crippen LogP contribution in [0.1, 0.15) is 45.4 Å². The number of thiazole rings is 1. The number of para-hydroxylation sites is 1. The van der Waals surface area contributed by atoms with E-state index >= 15 is 0 Å². The molecule has 1 amide bonds. The van der Waals surface area contributed by atoms with E-state index in [0.717, 1.165) is 43.0 Å². The number of carbonyl (C=O) groups excluding carboxylic acids is 1. The van der Waals surface area contributed by atoms with Gasteiger partial charge in [0.25, 0.3) is 0 Å². The fraction of sp³-hybridized carbons (Fsp3) is 0.600. The van der Waals surface area contributed by atoms with Crippen LogP contribution in [0.5, 0.6) is 0 Å². The van der Waals surface area contributed by atoms with Crippen molar-refractivity contribution in [2.75, 3.05) is 18.0 Å². The van der Waals surface area contributed by atoms with Crippen LogP contribution in [-0.4, -0.2) is 30.0 Å². The summed E-state index contributed by atoms with van der Waals surface area (Å²) in [4.78, 5) is 19.8. The van der Waals surface area contributed by atoms with Crippen molar-refractivity contribution in [3.05, 3.63) is 24.3 Å². The largest absolute Gasteiger partial charge is 0.353 e. The molecule has 0 unspecified atom stereocenters. The van der Waals surface area contributed by atoms with Gasteiger partial charge in [-0.15, -0.1) is 0 Å². The lowest BCUT2D eigenvalue weighted by Crippen LogP contribution is -2.46. The van der Waals surface area contributed by atoms with Crippen molar-refractivity contribution in [3.8, 4) is 0 Å². The lowest BCUT2D eigenvalue weighted by molar-refractivity contribution is -0.126. The lowest BCUT2D eigenvalue weighted by Gasteiger charge is -2.34. The predicted octanol–water partition coefficient (Wildman–Crippen LogP) is 4.21. The van der Waals surface area contributed by atoms with E-state index in [1.54, 1.807) is 11.3 Å². The minimum absolute atomic E-state index is 0.166. The molecule has 1 saturated carbocycles. The zero-order valence-corrected chi connectivity index (χ0v) is 15.7. The number of benzene rings is 1. The number of nitrogens with one attached hydrogen (secondary N) is 1. The van der Waals surface area contributed by atoms with Gasteiger partial charge in [-0.2, -0.15) is 0 Å². The molecule has 5 heteroatoms. The van der Waals surface area contributed by atoms with Gasteiger partial charge in [0, 0.05) is 25.0 Å². The maximum atomic E-state index is 12.7. The molecule has 4 rings (SSSR count). The zero-order valence-electron chi connectivity index (χ0n) is 14.9. The number of nitrogens with zero attached hydrogens (tertiary/aromatic N) is 2. The fourth-order valence-electron chi connectivity index (χ4n) is 4.16. The van der Waals surface area contributed by atoms with Crippen molar-refractivity contribution in [2.24, 2.45) is 11.8 Å². The second kappa shape index (κ2) is 7.32. The quantitative estimate of drug-likeness (QED) is 0.895. The molecule has 134 valence electrons. The van der Waals surface area contributed by atoms with Crippen molar-refractivity contribution in [3.63, 3.8) is 0 Å². The van der Waals surface area contributed by atoms with E-state index in [2.05, 4.69) is 35.3 Å². The number of piperidine rings is 1. The van der Waals surface area contributed by atoms with Gasteiger partial charge < -0.3 is 10.2 Å². The van der Waals surface area contributed by atoms with Crippen molar-refractivity contribution in [1.82, 2.24) is 10.3 Å². The van der Waals surface area contributed by atoms with Gasteiger partial charge in [-0.3, -0.25) is 4.79 Å². The Bertz CT molecular complexity index is 702. The highest BCUT2D eigenvalue weighted by molar-refractivity contribution is 7.22. The van der Waals surface area contributed by atoms with E-state index in [9.17, 15) is 4.79 Å². The number of hydrogen-bond acceptors (Lipinski definition) is 4. The van der Waals surface area contributed by atoms with Gasteiger partial charge in [-0.1, -0.05) is 43.2 Å². The van der Waals surface area contributed by atoms with Crippen molar-refractivity contribution >= 4 is 32.6 Å². The molecular formula is C20H27N3OS. The Morgan fingerprint density at radius 3 is 2.68 bits per heavy atom. The summed E-state index contributed by atoms with van der Waals surface area (Å²) in [7, 11) is 0. The summed E-state index contributed by atoms with van der Waals surface area (Å²) < 4.78 is 1.24. The number of fused-ring (bicyclic) bond motifs is 1. The zero-order chi connectivity index (χ0) is 17.2. The maximum Gasteiger partial charge on any atom is 0.223 e. The Labute approximate surface area is 153 Å². The van der Waals surface area contributed by atoms with Gasteiger partial charge in [0.1, 0.15) is 0 Å². The first-order valence-electron chi connectivity index (χ1n) is 9.61. The number of amides is 1. The average Bonchev–Trinajstić information content (AvgIpc) is 3.08. The second-order valence-electron chi connectivity index (χ2n) is 7.60. The van der Waals surface area contributed by atoms with E-state index in [4.69, 9.17) is 4.98 Å². The molecule has 1 saturated heterocycles. The van der Waals surface area contributed by atoms with Gasteiger partial charge in [-0.05, 0) is 43.7 Å². The Morgan fingerprint density at radius 1 is 1.16 bits per heavy atom.